The van der Waals surface area contributed by atoms with E-state index in [0.29, 0.717) is 0 Å². The fourth-order valence-electron chi connectivity index (χ4n) is 3.84. The molecule has 0 unspecified atom stereocenters. The molecule has 5 nitrogen and oxygen atoms in total. The highest BCUT2D eigenvalue weighted by molar-refractivity contribution is 5.47. The number of aliphatic hydroxyl groups excluding tert-OH is 3. The molecular formula is C24H24O5. The van der Waals surface area contributed by atoms with Gasteiger partial charge < -0.3 is 24.8 Å². The molecule has 0 aliphatic carbocycles. The second kappa shape index (κ2) is 8.45. The lowest BCUT2D eigenvalue weighted by molar-refractivity contribution is -0.145. The molecule has 0 bridgehead atoms. The number of benzene rings is 3. The Morgan fingerprint density at radius 3 is 1.41 bits per heavy atom. The van der Waals surface area contributed by atoms with Gasteiger partial charge in [-0.3, -0.25) is 0 Å². The van der Waals surface area contributed by atoms with Crippen molar-refractivity contribution in [2.45, 2.75) is 30.2 Å². The van der Waals surface area contributed by atoms with E-state index in [-0.39, 0.29) is 6.61 Å². The summed E-state index contributed by atoms with van der Waals surface area (Å²) in [6, 6.07) is 29.5. The second-order valence-electron chi connectivity index (χ2n) is 7.14. The van der Waals surface area contributed by atoms with Crippen LogP contribution in [0.1, 0.15) is 16.7 Å². The highest BCUT2D eigenvalue weighted by Gasteiger charge is 2.44. The van der Waals surface area contributed by atoms with Crippen molar-refractivity contribution in [3.05, 3.63) is 108 Å². The maximum atomic E-state index is 10.2. The van der Waals surface area contributed by atoms with E-state index in [0.717, 1.165) is 16.7 Å². The molecule has 0 saturated carbocycles. The van der Waals surface area contributed by atoms with E-state index in [2.05, 4.69) is 0 Å². The van der Waals surface area contributed by atoms with Gasteiger partial charge in [0.25, 0.3) is 0 Å². The average Bonchev–Trinajstić information content (AvgIpc) is 3.03. The van der Waals surface area contributed by atoms with Crippen LogP contribution in [0, 0.1) is 0 Å². The van der Waals surface area contributed by atoms with Gasteiger partial charge in [-0.05, 0) is 16.7 Å². The third-order valence-electron chi connectivity index (χ3n) is 5.34. The standard InChI is InChI=1S/C24H24O5/c25-21-20(29-23(27)22(21)26)16-28-24(17-10-4-1-5-11-17,18-12-6-2-7-13-18)19-14-8-3-9-15-19/h1-15,20-23,25-27H,16H2/t20-,21-,22-,23+/m1/s1. The molecule has 29 heavy (non-hydrogen) atoms. The lowest BCUT2D eigenvalue weighted by Crippen LogP contribution is -2.39. The van der Waals surface area contributed by atoms with Crippen molar-refractivity contribution < 1.29 is 24.8 Å². The normalized spacial score (nSPS) is 24.5. The van der Waals surface area contributed by atoms with Gasteiger partial charge in [-0.15, -0.1) is 0 Å². The molecule has 3 N–H and O–H groups in total. The van der Waals surface area contributed by atoms with Crippen molar-refractivity contribution >= 4 is 0 Å². The summed E-state index contributed by atoms with van der Waals surface area (Å²) >= 11 is 0. The first-order chi connectivity index (χ1) is 14.1. The molecule has 3 aromatic carbocycles. The van der Waals surface area contributed by atoms with Crippen LogP contribution in [0.2, 0.25) is 0 Å². The Morgan fingerprint density at radius 2 is 1.07 bits per heavy atom. The summed E-state index contributed by atoms with van der Waals surface area (Å²) in [5.74, 6) is 0. The number of rotatable bonds is 6. The highest BCUT2D eigenvalue weighted by Crippen LogP contribution is 2.41. The molecule has 0 spiro atoms. The lowest BCUT2D eigenvalue weighted by Gasteiger charge is -2.37. The van der Waals surface area contributed by atoms with Crippen molar-refractivity contribution in [1.29, 1.82) is 0 Å². The molecule has 4 atom stereocenters. The van der Waals surface area contributed by atoms with Crippen molar-refractivity contribution in [3.8, 4) is 0 Å². The highest BCUT2D eigenvalue weighted by atomic mass is 16.7. The zero-order valence-corrected chi connectivity index (χ0v) is 15.8. The van der Waals surface area contributed by atoms with Gasteiger partial charge >= 0.3 is 0 Å². The quantitative estimate of drug-likeness (QED) is 0.562. The van der Waals surface area contributed by atoms with Crippen molar-refractivity contribution in [1.82, 2.24) is 0 Å². The minimum absolute atomic E-state index is 0.0199. The van der Waals surface area contributed by atoms with Gasteiger partial charge in [0, 0.05) is 0 Å². The molecule has 1 heterocycles. The number of ether oxygens (including phenoxy) is 2. The molecule has 0 amide bonds. The Labute approximate surface area is 169 Å². The predicted molar refractivity (Wildman–Crippen MR) is 108 cm³/mol. The molecule has 1 fully saturated rings. The minimum Gasteiger partial charge on any atom is -0.387 e. The van der Waals surface area contributed by atoms with Crippen molar-refractivity contribution in [2.75, 3.05) is 6.61 Å². The maximum absolute atomic E-state index is 10.2. The third-order valence-corrected chi connectivity index (χ3v) is 5.34. The lowest BCUT2D eigenvalue weighted by atomic mass is 9.80. The molecule has 3 aromatic rings. The zero-order valence-electron chi connectivity index (χ0n) is 15.8. The Bertz CT molecular complexity index is 804. The van der Waals surface area contributed by atoms with Gasteiger partial charge in [0.15, 0.2) is 6.29 Å². The summed E-state index contributed by atoms with van der Waals surface area (Å²) < 4.78 is 11.9. The molecular weight excluding hydrogens is 368 g/mol. The molecule has 5 heteroatoms. The topological polar surface area (TPSA) is 79.2 Å². The number of aliphatic hydroxyl groups is 3. The van der Waals surface area contributed by atoms with Crippen LogP contribution in [0.4, 0.5) is 0 Å². The Kier molecular flexibility index (Phi) is 5.76. The van der Waals surface area contributed by atoms with Crippen LogP contribution in [0.3, 0.4) is 0 Å². The van der Waals surface area contributed by atoms with E-state index in [1.807, 2.05) is 91.0 Å². The fourth-order valence-corrected chi connectivity index (χ4v) is 3.84. The van der Waals surface area contributed by atoms with Crippen molar-refractivity contribution in [2.24, 2.45) is 0 Å². The average molecular weight is 392 g/mol. The predicted octanol–water partition coefficient (Wildman–Crippen LogP) is 2.43. The second-order valence-corrected chi connectivity index (χ2v) is 7.14. The van der Waals surface area contributed by atoms with E-state index < -0.39 is 30.2 Å². The first-order valence-corrected chi connectivity index (χ1v) is 9.63. The number of hydrogen-bond acceptors (Lipinski definition) is 5. The molecule has 150 valence electrons. The Balaban J connectivity index is 1.80. The minimum atomic E-state index is -1.43. The van der Waals surface area contributed by atoms with Gasteiger partial charge in [0.2, 0.25) is 0 Å². The monoisotopic (exact) mass is 392 g/mol. The van der Waals surface area contributed by atoms with Gasteiger partial charge in [0.1, 0.15) is 23.9 Å². The van der Waals surface area contributed by atoms with E-state index in [4.69, 9.17) is 9.47 Å². The largest absolute Gasteiger partial charge is 0.387 e. The summed E-state index contributed by atoms with van der Waals surface area (Å²) in [5.41, 5.74) is 1.81. The number of hydrogen-bond donors (Lipinski definition) is 3. The summed E-state index contributed by atoms with van der Waals surface area (Å²) in [6.07, 6.45) is -4.87. The molecule has 1 saturated heterocycles. The van der Waals surface area contributed by atoms with Gasteiger partial charge in [-0.25, -0.2) is 0 Å². The molecule has 4 rings (SSSR count). The molecule has 1 aliphatic heterocycles. The van der Waals surface area contributed by atoms with Crippen molar-refractivity contribution in [3.63, 3.8) is 0 Å². The van der Waals surface area contributed by atoms with E-state index >= 15 is 0 Å². The van der Waals surface area contributed by atoms with Crippen LogP contribution in [-0.2, 0) is 15.1 Å². The van der Waals surface area contributed by atoms with E-state index in [9.17, 15) is 15.3 Å². The van der Waals surface area contributed by atoms with Crippen LogP contribution >= 0.6 is 0 Å². The summed E-state index contributed by atoms with van der Waals surface area (Å²) in [5, 5.41) is 29.8. The maximum Gasteiger partial charge on any atom is 0.184 e. The van der Waals surface area contributed by atoms with Crippen LogP contribution < -0.4 is 0 Å². The first-order valence-electron chi connectivity index (χ1n) is 9.63. The summed E-state index contributed by atoms with van der Waals surface area (Å²) in [7, 11) is 0. The SMILES string of the molecule is O[C@@H]1[C@H](O)[C@@H](COC(c2ccccc2)(c2ccccc2)c2ccccc2)O[C@@H]1O. The Morgan fingerprint density at radius 1 is 0.655 bits per heavy atom. The zero-order chi connectivity index (χ0) is 20.3. The van der Waals surface area contributed by atoms with E-state index in [1.165, 1.54) is 0 Å². The Hall–Kier alpha value is -2.54. The van der Waals surface area contributed by atoms with E-state index in [1.54, 1.807) is 0 Å². The summed E-state index contributed by atoms with van der Waals surface area (Å²) in [4.78, 5) is 0. The van der Waals surface area contributed by atoms with Gasteiger partial charge in [0.05, 0.1) is 6.61 Å². The van der Waals surface area contributed by atoms with Crippen LogP contribution in [0.15, 0.2) is 91.0 Å². The molecule has 1 aliphatic rings. The molecule has 0 aromatic heterocycles. The smallest absolute Gasteiger partial charge is 0.184 e. The molecule has 0 radical (unpaired) electrons. The third kappa shape index (κ3) is 3.71. The summed E-state index contributed by atoms with van der Waals surface area (Å²) in [6.45, 7) is -0.0199. The fraction of sp³-hybridized carbons (Fsp3) is 0.250. The van der Waals surface area contributed by atoms with Gasteiger partial charge in [-0.1, -0.05) is 91.0 Å². The van der Waals surface area contributed by atoms with Gasteiger partial charge in [-0.2, -0.15) is 0 Å². The van der Waals surface area contributed by atoms with Crippen LogP contribution in [0.25, 0.3) is 0 Å². The first kappa shape index (κ1) is 19.8. The van der Waals surface area contributed by atoms with Crippen LogP contribution in [-0.4, -0.2) is 46.5 Å². The van der Waals surface area contributed by atoms with Crippen LogP contribution in [0.5, 0.6) is 0 Å².